The second-order valence-electron chi connectivity index (χ2n) is 22.7. The Balaban J connectivity index is 0.000000141. The molecule has 428 valence electrons. The molecule has 0 N–H and O–H groups in total. The second-order valence-corrected chi connectivity index (χ2v) is 22.7. The molecule has 8 aromatic carbocycles. The van der Waals surface area contributed by atoms with Crippen LogP contribution < -0.4 is 0 Å². The smallest absolute Gasteiger partial charge is 0.0979 e. The van der Waals surface area contributed by atoms with Crippen LogP contribution in [0.15, 0.2) is 304 Å². The third kappa shape index (κ3) is 9.72. The van der Waals surface area contributed by atoms with Crippen molar-refractivity contribution in [1.82, 2.24) is 49.8 Å². The number of aromatic nitrogens is 10. The van der Waals surface area contributed by atoms with Crippen LogP contribution in [0.1, 0.15) is 0 Å². The van der Waals surface area contributed by atoms with Gasteiger partial charge in [-0.05, 0) is 137 Å². The monoisotopic (exact) mass is 1170 g/mol. The van der Waals surface area contributed by atoms with E-state index in [1.54, 1.807) is 0 Å². The molecule has 0 atom stereocenters. The van der Waals surface area contributed by atoms with Gasteiger partial charge in [0.15, 0.2) is 0 Å². The van der Waals surface area contributed by atoms with E-state index in [1.807, 2.05) is 116 Å². The van der Waals surface area contributed by atoms with Gasteiger partial charge < -0.3 is 0 Å². The summed E-state index contributed by atoms with van der Waals surface area (Å²) in [6.07, 6.45) is 12.8. The fraction of sp³-hybridized carbons (Fsp3) is 0. The lowest BCUT2D eigenvalue weighted by Gasteiger charge is -2.13. The molecule has 0 unspecified atom stereocenters. The van der Waals surface area contributed by atoms with Gasteiger partial charge in [-0.15, -0.1) is 0 Å². The molecule has 10 nitrogen and oxygen atoms in total. The van der Waals surface area contributed by atoms with Crippen LogP contribution in [0.25, 0.3) is 177 Å². The molecule has 0 fully saturated rings. The van der Waals surface area contributed by atoms with Crippen molar-refractivity contribution >= 4 is 87.2 Å². The fourth-order valence-corrected chi connectivity index (χ4v) is 12.8. The molecule has 0 spiro atoms. The summed E-state index contributed by atoms with van der Waals surface area (Å²) in [6, 6.07) is 89.9. The first-order valence-electron chi connectivity index (χ1n) is 30.5. The van der Waals surface area contributed by atoms with Crippen LogP contribution >= 0.6 is 0 Å². The standard InChI is InChI=1S/C43H27N5.C39H23N5/c1-2-10-40-35(7-1)41(30-19-23-44-24-20-30)36-17-15-31-16-18-39(47-42(31)43(36)48-40)29-13-11-28(12-14-29)32-25-33(37-8-3-5-21-45-37)27-34(26-32)38-9-4-6-22-46-38;1-2-10-33-29(8-1)35(34-11-3-4-20-40-34)30-18-16-26-17-19-32(43-37(26)39(30)44-33)25-14-12-24(13-15-25)31-23-27-7-5-21-41-36(27)38-28(31)9-6-22-42-38/h1-27H;1-23H. The molecule has 92 heavy (non-hydrogen) atoms. The first-order chi connectivity index (χ1) is 45.6. The highest BCUT2D eigenvalue weighted by molar-refractivity contribution is 6.18. The van der Waals surface area contributed by atoms with Crippen LogP contribution in [0.5, 0.6) is 0 Å². The Morgan fingerprint density at radius 2 is 0.663 bits per heavy atom. The fourth-order valence-electron chi connectivity index (χ4n) is 12.8. The Morgan fingerprint density at radius 1 is 0.196 bits per heavy atom. The summed E-state index contributed by atoms with van der Waals surface area (Å²) >= 11 is 0. The number of pyridine rings is 10. The summed E-state index contributed by atoms with van der Waals surface area (Å²) in [5.74, 6) is 0. The van der Waals surface area contributed by atoms with E-state index >= 15 is 0 Å². The molecular formula is C82H50N10. The van der Waals surface area contributed by atoms with E-state index in [-0.39, 0.29) is 0 Å². The van der Waals surface area contributed by atoms with Crippen LogP contribution in [0, 0.1) is 0 Å². The number of hydrogen-bond acceptors (Lipinski definition) is 10. The first kappa shape index (κ1) is 53.6. The normalized spacial score (nSPS) is 11.5. The molecule has 0 aliphatic heterocycles. The van der Waals surface area contributed by atoms with Gasteiger partial charge in [-0.2, -0.15) is 0 Å². The molecule has 10 aromatic heterocycles. The number of fused-ring (bicyclic) bond motifs is 11. The predicted molar refractivity (Wildman–Crippen MR) is 374 cm³/mol. The summed E-state index contributed by atoms with van der Waals surface area (Å²) in [5, 5.41) is 8.58. The van der Waals surface area contributed by atoms with Crippen LogP contribution in [-0.4, -0.2) is 49.8 Å². The van der Waals surface area contributed by atoms with E-state index < -0.39 is 0 Å². The zero-order chi connectivity index (χ0) is 60.9. The van der Waals surface area contributed by atoms with Gasteiger partial charge in [0.25, 0.3) is 0 Å². The third-order valence-electron chi connectivity index (χ3n) is 17.2. The van der Waals surface area contributed by atoms with Crippen molar-refractivity contribution in [2.75, 3.05) is 0 Å². The molecule has 0 bridgehead atoms. The Bertz CT molecular complexity index is 5800. The molecule has 0 amide bonds. The minimum atomic E-state index is 0.879. The zero-order valence-electron chi connectivity index (χ0n) is 49.3. The van der Waals surface area contributed by atoms with Crippen molar-refractivity contribution in [2.45, 2.75) is 0 Å². The van der Waals surface area contributed by atoms with E-state index in [1.165, 1.54) is 0 Å². The quantitative estimate of drug-likeness (QED) is 0.107. The van der Waals surface area contributed by atoms with Crippen LogP contribution in [0.4, 0.5) is 0 Å². The van der Waals surface area contributed by atoms with Crippen molar-refractivity contribution in [2.24, 2.45) is 0 Å². The molecule has 18 aromatic rings. The molecule has 0 radical (unpaired) electrons. The number of nitrogens with zero attached hydrogens (tertiary/aromatic N) is 10. The van der Waals surface area contributed by atoms with Gasteiger partial charge in [-0.25, -0.2) is 19.9 Å². The van der Waals surface area contributed by atoms with Crippen molar-refractivity contribution in [3.05, 3.63) is 304 Å². The summed E-state index contributed by atoms with van der Waals surface area (Å²) in [6.45, 7) is 0. The lowest BCUT2D eigenvalue weighted by Crippen LogP contribution is -1.94. The lowest BCUT2D eigenvalue weighted by molar-refractivity contribution is 1.31. The summed E-state index contributed by atoms with van der Waals surface area (Å²) < 4.78 is 0. The third-order valence-corrected chi connectivity index (χ3v) is 17.2. The minimum absolute atomic E-state index is 0.879. The van der Waals surface area contributed by atoms with Gasteiger partial charge >= 0.3 is 0 Å². The van der Waals surface area contributed by atoms with Crippen LogP contribution in [0.3, 0.4) is 0 Å². The summed E-state index contributed by atoms with van der Waals surface area (Å²) in [5.41, 5.74) is 23.8. The van der Waals surface area contributed by atoms with E-state index in [9.17, 15) is 0 Å². The van der Waals surface area contributed by atoms with E-state index in [0.29, 0.717) is 0 Å². The summed E-state index contributed by atoms with van der Waals surface area (Å²) in [7, 11) is 0. The largest absolute Gasteiger partial charge is 0.265 e. The SMILES string of the molecule is c1ccc(-c2c3ccccc3nc3c2ccc2ccc(-c4ccc(-c5cc6cccnc6c6ncccc56)cc4)nc23)nc1.c1ccc(-c2cc(-c3ccc(-c4ccc5ccc6c(-c7ccncc7)c7ccccc7nc6c5n4)cc3)cc(-c3ccccn3)c2)nc1. The Hall–Kier alpha value is -12.7. The van der Waals surface area contributed by atoms with Crippen molar-refractivity contribution in [3.8, 4) is 89.7 Å². The predicted octanol–water partition coefficient (Wildman–Crippen LogP) is 19.9. The maximum absolute atomic E-state index is 5.23. The Kier molecular flexibility index (Phi) is 13.3. The number of benzene rings is 8. The molecule has 0 saturated heterocycles. The van der Waals surface area contributed by atoms with Crippen molar-refractivity contribution < 1.29 is 0 Å². The molecule has 0 aliphatic carbocycles. The molecule has 10 heteroatoms. The summed E-state index contributed by atoms with van der Waals surface area (Å²) in [4.78, 5) is 48.2. The highest BCUT2D eigenvalue weighted by Crippen LogP contribution is 2.41. The molecule has 18 rings (SSSR count). The van der Waals surface area contributed by atoms with Crippen LogP contribution in [-0.2, 0) is 0 Å². The highest BCUT2D eigenvalue weighted by Gasteiger charge is 2.19. The molecule has 0 aliphatic rings. The zero-order valence-corrected chi connectivity index (χ0v) is 49.3. The number of hydrogen-bond donors (Lipinski definition) is 0. The van der Waals surface area contributed by atoms with Gasteiger partial charge in [-0.3, -0.25) is 29.9 Å². The molecule has 10 heterocycles. The van der Waals surface area contributed by atoms with Crippen molar-refractivity contribution in [3.63, 3.8) is 0 Å². The maximum Gasteiger partial charge on any atom is 0.0979 e. The van der Waals surface area contributed by atoms with Gasteiger partial charge in [0.2, 0.25) is 0 Å². The first-order valence-corrected chi connectivity index (χ1v) is 30.5. The molecular weight excluding hydrogens is 1120 g/mol. The maximum atomic E-state index is 5.23. The highest BCUT2D eigenvalue weighted by atomic mass is 14.8. The Labute approximate surface area is 528 Å². The van der Waals surface area contributed by atoms with Gasteiger partial charge in [0.05, 0.1) is 72.6 Å². The van der Waals surface area contributed by atoms with Gasteiger partial charge in [0, 0.05) is 120 Å². The lowest BCUT2D eigenvalue weighted by atomic mass is 9.95. The van der Waals surface area contributed by atoms with E-state index in [4.69, 9.17) is 24.9 Å². The average molecular weight is 1180 g/mol. The van der Waals surface area contributed by atoms with Crippen molar-refractivity contribution in [1.29, 1.82) is 0 Å². The van der Waals surface area contributed by atoms with Crippen LogP contribution in [0.2, 0.25) is 0 Å². The van der Waals surface area contributed by atoms with E-state index in [0.717, 1.165) is 177 Å². The Morgan fingerprint density at radius 3 is 1.25 bits per heavy atom. The van der Waals surface area contributed by atoms with Gasteiger partial charge in [0.1, 0.15) is 0 Å². The average Bonchev–Trinajstić information content (AvgIpc) is 0.795. The van der Waals surface area contributed by atoms with Gasteiger partial charge in [-0.1, -0.05) is 152 Å². The number of rotatable bonds is 8. The number of para-hydroxylation sites is 2. The second kappa shape index (κ2) is 22.8. The molecule has 0 saturated carbocycles. The topological polar surface area (TPSA) is 129 Å². The minimum Gasteiger partial charge on any atom is -0.265 e. The van der Waals surface area contributed by atoms with E-state index in [2.05, 4.69) is 213 Å².